The molecule has 9 heavy (non-hydrogen) atoms. The van der Waals surface area contributed by atoms with Crippen LogP contribution < -0.4 is 5.32 Å². The fourth-order valence-electron chi connectivity index (χ4n) is 0.864. The summed E-state index contributed by atoms with van der Waals surface area (Å²) in [7, 11) is 0. The molecule has 50 valence electrons. The summed E-state index contributed by atoms with van der Waals surface area (Å²) in [6.07, 6.45) is 5.87. The third kappa shape index (κ3) is 1.02. The predicted molar refractivity (Wildman–Crippen MR) is 41.4 cm³/mol. The van der Waals surface area contributed by atoms with Crippen LogP contribution in [0.1, 0.15) is 1.43 Å². The molecule has 2 nitrogen and oxygen atoms in total. The molecule has 1 heterocycles. The van der Waals surface area contributed by atoms with Crippen molar-refractivity contribution in [3.05, 3.63) is 24.9 Å². The van der Waals surface area contributed by atoms with E-state index in [9.17, 15) is 0 Å². The van der Waals surface area contributed by atoms with Gasteiger partial charge in [-0.1, -0.05) is 12.2 Å². The molecular formula is C7H12N2. The fraction of sp³-hybridized carbons (Fsp3) is 0.286. The first kappa shape index (κ1) is 6.08. The number of nitrogens with one attached hydrogen (secondary N) is 1. The number of hydrogen-bond donors (Lipinski definition) is 1. The Balaban J connectivity index is 0.000000810. The van der Waals surface area contributed by atoms with Crippen LogP contribution >= 0.6 is 0 Å². The highest BCUT2D eigenvalue weighted by molar-refractivity contribution is 5.26. The van der Waals surface area contributed by atoms with Gasteiger partial charge in [-0.25, -0.2) is 0 Å². The van der Waals surface area contributed by atoms with E-state index in [4.69, 9.17) is 0 Å². The Bertz CT molecular complexity index is 154. The molecule has 0 spiro atoms. The van der Waals surface area contributed by atoms with Gasteiger partial charge in [-0.15, -0.1) is 6.58 Å². The minimum Gasteiger partial charge on any atom is -0.369 e. The quantitative estimate of drug-likeness (QED) is 0.434. The molecule has 1 aliphatic rings. The van der Waals surface area contributed by atoms with Crippen LogP contribution in [-0.2, 0) is 0 Å². The van der Waals surface area contributed by atoms with Gasteiger partial charge in [-0.2, -0.15) is 0 Å². The van der Waals surface area contributed by atoms with Crippen molar-refractivity contribution in [1.82, 2.24) is 5.32 Å². The SMILES string of the molecule is C=CC1C=CNC1N=C.[HH]. The molecule has 1 N–H and O–H groups in total. The van der Waals surface area contributed by atoms with E-state index in [1.54, 1.807) is 0 Å². The molecule has 1 aliphatic heterocycles. The molecule has 0 aromatic carbocycles. The van der Waals surface area contributed by atoms with Gasteiger partial charge in [0.1, 0.15) is 6.17 Å². The normalized spacial score (nSPS) is 31.6. The zero-order valence-corrected chi connectivity index (χ0v) is 5.25. The molecule has 0 saturated heterocycles. The molecule has 1 rings (SSSR count). The Morgan fingerprint density at radius 1 is 1.78 bits per heavy atom. The predicted octanol–water partition coefficient (Wildman–Crippen LogP) is 1.18. The first-order valence-corrected chi connectivity index (χ1v) is 2.89. The van der Waals surface area contributed by atoms with Crippen LogP contribution in [0.25, 0.3) is 0 Å². The van der Waals surface area contributed by atoms with Crippen molar-refractivity contribution >= 4 is 6.72 Å². The van der Waals surface area contributed by atoms with Gasteiger partial charge in [-0.05, 0) is 12.9 Å². The highest BCUT2D eigenvalue weighted by Gasteiger charge is 2.15. The van der Waals surface area contributed by atoms with E-state index < -0.39 is 0 Å². The van der Waals surface area contributed by atoms with Gasteiger partial charge in [0.25, 0.3) is 0 Å². The Kier molecular flexibility index (Phi) is 1.68. The molecule has 0 fully saturated rings. The van der Waals surface area contributed by atoms with Crippen molar-refractivity contribution < 1.29 is 1.43 Å². The second-order valence-electron chi connectivity index (χ2n) is 1.97. The van der Waals surface area contributed by atoms with Gasteiger partial charge in [0.05, 0.1) is 0 Å². The molecular weight excluding hydrogens is 112 g/mol. The van der Waals surface area contributed by atoms with Gasteiger partial charge >= 0.3 is 0 Å². The standard InChI is InChI=1S/C7H10N2.H2/c1-3-6-4-5-9-7(6)8-2;/h3-7,9H,1-2H2;1H. The summed E-state index contributed by atoms with van der Waals surface area (Å²) in [5.41, 5.74) is 0. The minimum atomic E-state index is 0. The fourth-order valence-corrected chi connectivity index (χ4v) is 0.864. The number of aliphatic imine (C=N–C) groups is 1. The number of nitrogens with zero attached hydrogens (tertiary/aromatic N) is 1. The first-order valence-electron chi connectivity index (χ1n) is 2.89. The van der Waals surface area contributed by atoms with Crippen LogP contribution in [0.2, 0.25) is 0 Å². The van der Waals surface area contributed by atoms with Gasteiger partial charge in [0.15, 0.2) is 0 Å². The lowest BCUT2D eigenvalue weighted by molar-refractivity contribution is 0.579. The van der Waals surface area contributed by atoms with E-state index >= 15 is 0 Å². The molecule has 0 radical (unpaired) electrons. The summed E-state index contributed by atoms with van der Waals surface area (Å²) >= 11 is 0. The van der Waals surface area contributed by atoms with E-state index in [0.717, 1.165) is 0 Å². The summed E-state index contributed by atoms with van der Waals surface area (Å²) in [5, 5.41) is 3.03. The summed E-state index contributed by atoms with van der Waals surface area (Å²) in [4.78, 5) is 3.84. The average molecular weight is 124 g/mol. The molecule has 0 saturated carbocycles. The summed E-state index contributed by atoms with van der Waals surface area (Å²) < 4.78 is 0. The second-order valence-corrected chi connectivity index (χ2v) is 1.97. The van der Waals surface area contributed by atoms with Crippen LogP contribution in [0.15, 0.2) is 29.9 Å². The van der Waals surface area contributed by atoms with Crippen molar-refractivity contribution in [3.63, 3.8) is 0 Å². The van der Waals surface area contributed by atoms with Gasteiger partial charge < -0.3 is 5.32 Å². The number of hydrogen-bond acceptors (Lipinski definition) is 2. The van der Waals surface area contributed by atoms with Crippen LogP contribution in [0.3, 0.4) is 0 Å². The summed E-state index contributed by atoms with van der Waals surface area (Å²) in [5.74, 6) is 0.322. The zero-order chi connectivity index (χ0) is 6.69. The molecule has 0 bridgehead atoms. The van der Waals surface area contributed by atoms with Crippen molar-refractivity contribution in [2.75, 3.05) is 0 Å². The molecule has 2 unspecified atom stereocenters. The highest BCUT2D eigenvalue weighted by Crippen LogP contribution is 2.12. The largest absolute Gasteiger partial charge is 0.369 e. The molecule has 2 atom stereocenters. The van der Waals surface area contributed by atoms with Crippen LogP contribution in [0.5, 0.6) is 0 Å². The Hall–Kier alpha value is -1.05. The second kappa shape index (κ2) is 2.49. The van der Waals surface area contributed by atoms with Crippen LogP contribution in [0.4, 0.5) is 0 Å². The highest BCUT2D eigenvalue weighted by atomic mass is 15.1. The third-order valence-corrected chi connectivity index (χ3v) is 1.42. The van der Waals surface area contributed by atoms with Crippen LogP contribution in [0, 0.1) is 5.92 Å². The topological polar surface area (TPSA) is 24.4 Å². The molecule has 0 aromatic heterocycles. The van der Waals surface area contributed by atoms with Gasteiger partial charge in [0, 0.05) is 7.34 Å². The van der Waals surface area contributed by atoms with E-state index in [-0.39, 0.29) is 7.59 Å². The lowest BCUT2D eigenvalue weighted by Gasteiger charge is -2.09. The third-order valence-electron chi connectivity index (χ3n) is 1.42. The van der Waals surface area contributed by atoms with Gasteiger partial charge in [0.2, 0.25) is 0 Å². The first-order chi connectivity index (χ1) is 4.38. The number of rotatable bonds is 2. The molecule has 0 aromatic rings. The van der Waals surface area contributed by atoms with E-state index in [2.05, 4.69) is 23.6 Å². The Labute approximate surface area is 56.5 Å². The smallest absolute Gasteiger partial charge is 0.127 e. The monoisotopic (exact) mass is 124 g/mol. The van der Waals surface area contributed by atoms with E-state index in [0.29, 0.717) is 5.92 Å². The van der Waals surface area contributed by atoms with Crippen molar-refractivity contribution in [2.24, 2.45) is 10.9 Å². The molecule has 2 heteroatoms. The lowest BCUT2D eigenvalue weighted by atomic mass is 10.1. The Morgan fingerprint density at radius 3 is 3.00 bits per heavy atom. The maximum atomic E-state index is 3.84. The molecule has 0 aliphatic carbocycles. The Morgan fingerprint density at radius 2 is 2.56 bits per heavy atom. The zero-order valence-electron chi connectivity index (χ0n) is 5.25. The van der Waals surface area contributed by atoms with Crippen LogP contribution in [-0.4, -0.2) is 12.9 Å². The van der Waals surface area contributed by atoms with Crippen molar-refractivity contribution in [3.8, 4) is 0 Å². The van der Waals surface area contributed by atoms with Gasteiger partial charge in [-0.3, -0.25) is 4.99 Å². The van der Waals surface area contributed by atoms with Crippen molar-refractivity contribution in [1.29, 1.82) is 0 Å². The molecule has 0 amide bonds. The van der Waals surface area contributed by atoms with E-state index in [1.165, 1.54) is 0 Å². The summed E-state index contributed by atoms with van der Waals surface area (Å²) in [6.45, 7) is 7.10. The maximum Gasteiger partial charge on any atom is 0.127 e. The minimum absolute atomic E-state index is 0. The average Bonchev–Trinajstić information content (AvgIpc) is 2.33. The summed E-state index contributed by atoms with van der Waals surface area (Å²) in [6, 6.07) is 0. The lowest BCUT2D eigenvalue weighted by Crippen LogP contribution is -2.22. The van der Waals surface area contributed by atoms with Crippen molar-refractivity contribution in [2.45, 2.75) is 6.17 Å². The maximum absolute atomic E-state index is 3.84. The van der Waals surface area contributed by atoms with E-state index in [1.807, 2.05) is 18.4 Å².